The largest absolute Gasteiger partial charge is 0.283 e. The number of alkyl halides is 2. The van der Waals surface area contributed by atoms with Crippen molar-refractivity contribution in [1.29, 1.82) is 0 Å². The maximum Gasteiger partial charge on any atom is 0.283 e. The minimum absolute atomic E-state index is 0.0504. The first-order chi connectivity index (χ1) is 15.1. The average molecular weight is 441 g/mol. The third-order valence-electron chi connectivity index (χ3n) is 5.37. The predicted molar refractivity (Wildman–Crippen MR) is 109 cm³/mol. The number of hydrogen-bond donors (Lipinski definition) is 0. The Morgan fingerprint density at radius 3 is 2.65 bits per heavy atom. The molecule has 1 saturated carbocycles. The molecule has 1 fully saturated rings. The maximum absolute atomic E-state index is 13.3. The second-order valence-corrected chi connectivity index (χ2v) is 7.87. The molecule has 5 aromatic rings. The second kappa shape index (κ2) is 6.81. The van der Waals surface area contributed by atoms with Gasteiger partial charge in [-0.25, -0.2) is 27.9 Å². The number of fused-ring (bicyclic) bond motifs is 3. The highest BCUT2D eigenvalue weighted by molar-refractivity contribution is 6.32. The molecule has 0 aliphatic heterocycles. The lowest BCUT2D eigenvalue weighted by Crippen LogP contribution is -2.07. The van der Waals surface area contributed by atoms with Gasteiger partial charge in [-0.15, -0.1) is 5.10 Å². The lowest BCUT2D eigenvalue weighted by molar-refractivity contribution is 0.145. The molecule has 1 aliphatic rings. The Hall–Kier alpha value is -3.40. The van der Waals surface area contributed by atoms with Gasteiger partial charge in [0.2, 0.25) is 0 Å². The summed E-state index contributed by atoms with van der Waals surface area (Å²) in [6.45, 7) is 0.147. The highest BCUT2D eigenvalue weighted by Gasteiger charge is 2.34. The molecule has 4 heterocycles. The summed E-state index contributed by atoms with van der Waals surface area (Å²) in [6, 6.07) is 9.67. The van der Waals surface area contributed by atoms with E-state index in [1.54, 1.807) is 21.7 Å². The molecule has 31 heavy (non-hydrogen) atoms. The summed E-state index contributed by atoms with van der Waals surface area (Å²) in [5, 5.41) is 13.7. The number of para-hydroxylation sites is 1. The van der Waals surface area contributed by atoms with Crippen molar-refractivity contribution in [2.75, 3.05) is 0 Å². The van der Waals surface area contributed by atoms with Gasteiger partial charge >= 0.3 is 0 Å². The van der Waals surface area contributed by atoms with Gasteiger partial charge in [0.1, 0.15) is 18.6 Å². The molecule has 0 spiro atoms. The lowest BCUT2D eigenvalue weighted by atomic mass is 10.2. The van der Waals surface area contributed by atoms with E-state index in [1.807, 2.05) is 30.3 Å². The van der Waals surface area contributed by atoms with Gasteiger partial charge in [-0.3, -0.25) is 4.68 Å². The van der Waals surface area contributed by atoms with Crippen LogP contribution in [0, 0.1) is 0 Å². The molecule has 156 valence electrons. The summed E-state index contributed by atoms with van der Waals surface area (Å²) in [6.07, 6.45) is 2.36. The fourth-order valence-corrected chi connectivity index (χ4v) is 4.18. The first-order valence-corrected chi connectivity index (χ1v) is 10.2. The molecular weight excluding hydrogens is 426 g/mol. The van der Waals surface area contributed by atoms with E-state index in [0.717, 1.165) is 23.9 Å². The van der Waals surface area contributed by atoms with Crippen LogP contribution >= 0.6 is 11.6 Å². The number of halogens is 3. The van der Waals surface area contributed by atoms with E-state index >= 15 is 0 Å². The maximum atomic E-state index is 13.3. The lowest BCUT2D eigenvalue weighted by Gasteiger charge is -2.03. The van der Waals surface area contributed by atoms with Crippen molar-refractivity contribution in [1.82, 2.24) is 39.1 Å². The fourth-order valence-electron chi connectivity index (χ4n) is 3.80. The van der Waals surface area contributed by atoms with Crippen LogP contribution in [0.4, 0.5) is 8.78 Å². The van der Waals surface area contributed by atoms with Gasteiger partial charge in [0.05, 0.1) is 28.0 Å². The van der Waals surface area contributed by atoms with Gasteiger partial charge in [-0.2, -0.15) is 10.2 Å². The normalized spacial score (nSPS) is 14.3. The van der Waals surface area contributed by atoms with Gasteiger partial charge in [-0.1, -0.05) is 29.8 Å². The molecule has 6 rings (SSSR count). The summed E-state index contributed by atoms with van der Waals surface area (Å²) >= 11 is 6.21. The van der Waals surface area contributed by atoms with E-state index < -0.39 is 6.43 Å². The van der Waals surface area contributed by atoms with Crippen molar-refractivity contribution in [3.05, 3.63) is 65.1 Å². The van der Waals surface area contributed by atoms with E-state index in [9.17, 15) is 8.78 Å². The van der Waals surface area contributed by atoms with Crippen LogP contribution in [-0.2, 0) is 6.54 Å². The zero-order chi connectivity index (χ0) is 21.1. The van der Waals surface area contributed by atoms with Crippen molar-refractivity contribution in [2.45, 2.75) is 31.7 Å². The Labute approximate surface area is 179 Å². The van der Waals surface area contributed by atoms with Gasteiger partial charge in [0, 0.05) is 5.92 Å². The predicted octanol–water partition coefficient (Wildman–Crippen LogP) is 4.18. The number of aromatic nitrogens is 8. The zero-order valence-corrected chi connectivity index (χ0v) is 16.8. The van der Waals surface area contributed by atoms with E-state index in [2.05, 4.69) is 25.3 Å². The van der Waals surface area contributed by atoms with E-state index in [1.165, 1.54) is 4.68 Å². The van der Waals surface area contributed by atoms with Crippen LogP contribution in [0.15, 0.2) is 42.9 Å². The molecule has 1 aliphatic carbocycles. The van der Waals surface area contributed by atoms with Crippen LogP contribution < -0.4 is 0 Å². The summed E-state index contributed by atoms with van der Waals surface area (Å²) in [4.78, 5) is 9.10. The quantitative estimate of drug-likeness (QED) is 0.409. The van der Waals surface area contributed by atoms with Crippen LogP contribution in [0.25, 0.3) is 22.4 Å². The second-order valence-electron chi connectivity index (χ2n) is 7.49. The van der Waals surface area contributed by atoms with Gasteiger partial charge in [0.25, 0.3) is 6.43 Å². The SMILES string of the molecule is FC(F)c1nn(Cc2nc3c4cnn(-c5ccccc5)c4ncn3n2)c(C2CC2)c1Cl. The molecular formula is C20H15ClF2N8. The molecule has 1 aromatic carbocycles. The average Bonchev–Trinajstić information content (AvgIpc) is 3.22. The fraction of sp³-hybridized carbons (Fsp3) is 0.250. The standard InChI is InChI=1S/C20H15ClF2N8/c21-15-16(18(22)23)28-29(17(15)11-6-7-11)9-14-26-20-13-8-25-31(12-4-2-1-3-5-12)19(13)24-10-30(20)27-14/h1-5,8,10-11,18H,6-7,9H2. The highest BCUT2D eigenvalue weighted by atomic mass is 35.5. The molecule has 8 nitrogen and oxygen atoms in total. The smallest absolute Gasteiger partial charge is 0.260 e. The van der Waals surface area contributed by atoms with Gasteiger partial charge in [-0.05, 0) is 25.0 Å². The minimum atomic E-state index is -2.73. The Morgan fingerprint density at radius 2 is 1.90 bits per heavy atom. The minimum Gasteiger partial charge on any atom is -0.260 e. The Bertz CT molecular complexity index is 1420. The van der Waals surface area contributed by atoms with Crippen LogP contribution in [0.1, 0.15) is 42.4 Å². The Balaban J connectivity index is 1.42. The van der Waals surface area contributed by atoms with Crippen molar-refractivity contribution >= 4 is 28.3 Å². The van der Waals surface area contributed by atoms with Crippen molar-refractivity contribution < 1.29 is 8.78 Å². The third kappa shape index (κ3) is 2.97. The molecule has 0 N–H and O–H groups in total. The summed E-state index contributed by atoms with van der Waals surface area (Å²) in [5.74, 6) is 0.589. The molecule has 0 amide bonds. The van der Waals surface area contributed by atoms with Crippen LogP contribution in [0.2, 0.25) is 5.02 Å². The van der Waals surface area contributed by atoms with Crippen LogP contribution in [0.5, 0.6) is 0 Å². The molecule has 0 unspecified atom stereocenters. The van der Waals surface area contributed by atoms with Crippen molar-refractivity contribution in [2.24, 2.45) is 0 Å². The van der Waals surface area contributed by atoms with Crippen molar-refractivity contribution in [3.63, 3.8) is 0 Å². The molecule has 4 aromatic heterocycles. The summed E-state index contributed by atoms with van der Waals surface area (Å²) in [7, 11) is 0. The first kappa shape index (κ1) is 18.4. The van der Waals surface area contributed by atoms with Gasteiger partial charge in [0.15, 0.2) is 17.1 Å². The Morgan fingerprint density at radius 1 is 1.10 bits per heavy atom. The van der Waals surface area contributed by atoms with E-state index in [4.69, 9.17) is 11.6 Å². The van der Waals surface area contributed by atoms with Crippen LogP contribution in [-0.4, -0.2) is 39.1 Å². The zero-order valence-electron chi connectivity index (χ0n) is 16.0. The van der Waals surface area contributed by atoms with Gasteiger partial charge < -0.3 is 0 Å². The number of nitrogens with zero attached hydrogens (tertiary/aromatic N) is 8. The highest BCUT2D eigenvalue weighted by Crippen LogP contribution is 2.45. The number of hydrogen-bond acceptors (Lipinski definition) is 5. The van der Waals surface area contributed by atoms with E-state index in [-0.39, 0.29) is 23.2 Å². The topological polar surface area (TPSA) is 78.7 Å². The summed E-state index contributed by atoms with van der Waals surface area (Å²) < 4.78 is 31.4. The molecule has 0 atom stereocenters. The van der Waals surface area contributed by atoms with Crippen LogP contribution in [0.3, 0.4) is 0 Å². The number of rotatable bonds is 5. The monoisotopic (exact) mass is 440 g/mol. The summed E-state index contributed by atoms with van der Waals surface area (Å²) in [5.41, 5.74) is 2.37. The third-order valence-corrected chi connectivity index (χ3v) is 5.76. The molecule has 0 bridgehead atoms. The van der Waals surface area contributed by atoms with E-state index in [0.29, 0.717) is 22.8 Å². The first-order valence-electron chi connectivity index (χ1n) is 9.78. The Kier molecular flexibility index (Phi) is 4.04. The van der Waals surface area contributed by atoms with Crippen molar-refractivity contribution in [3.8, 4) is 5.69 Å². The molecule has 0 saturated heterocycles. The molecule has 0 radical (unpaired) electrons. The number of benzene rings is 1. The molecule has 11 heteroatoms.